The van der Waals surface area contributed by atoms with Crippen LogP contribution < -0.4 is 19.9 Å². The van der Waals surface area contributed by atoms with Crippen LogP contribution in [0.5, 0.6) is 11.8 Å². The van der Waals surface area contributed by atoms with Gasteiger partial charge >= 0.3 is 6.01 Å². The number of carbonyl (C=O) groups excluding carboxylic acids is 2. The third-order valence-electron chi connectivity index (χ3n) is 6.96. The average Bonchev–Trinajstić information content (AvgIpc) is 2.93. The number of ether oxygens (including phenoxy) is 1. The second-order valence-electron chi connectivity index (χ2n) is 9.46. The Bertz CT molecular complexity index is 1370. The molecule has 2 aromatic carbocycles. The summed E-state index contributed by atoms with van der Waals surface area (Å²) in [7, 11) is 0. The number of amides is 2. The van der Waals surface area contributed by atoms with Gasteiger partial charge in [0.1, 0.15) is 18.2 Å². The van der Waals surface area contributed by atoms with E-state index in [2.05, 4.69) is 27.8 Å². The fraction of sp³-hybridized carbons (Fsp3) is 0.357. The van der Waals surface area contributed by atoms with Gasteiger partial charge in [-0.1, -0.05) is 30.8 Å². The maximum Gasteiger partial charge on any atom is 0.318 e. The molecule has 0 atom stereocenters. The molecule has 1 aromatic heterocycles. The van der Waals surface area contributed by atoms with E-state index in [1.54, 1.807) is 17.0 Å². The van der Waals surface area contributed by atoms with Crippen LogP contribution in [-0.4, -0.2) is 77.7 Å². The molecular weight excluding hydrogens is 484 g/mol. The van der Waals surface area contributed by atoms with E-state index in [1.807, 2.05) is 18.2 Å². The number of carbonyl (C=O) groups is 2. The Hall–Kier alpha value is -4.34. The monoisotopic (exact) mass is 516 g/mol. The molecule has 0 spiro atoms. The number of aromatic nitrogens is 2. The van der Waals surface area contributed by atoms with Crippen LogP contribution in [0.25, 0.3) is 10.8 Å². The van der Waals surface area contributed by atoms with Gasteiger partial charge < -0.3 is 29.9 Å². The Morgan fingerprint density at radius 3 is 2.66 bits per heavy atom. The lowest BCUT2D eigenvalue weighted by molar-refractivity contribution is -0.126. The topological polar surface area (TPSA) is 111 Å². The predicted octanol–water partition coefficient (Wildman–Crippen LogP) is 2.25. The Kier molecular flexibility index (Phi) is 7.30. The number of anilines is 2. The van der Waals surface area contributed by atoms with Crippen LogP contribution >= 0.6 is 0 Å². The molecule has 3 aromatic rings. The number of aromatic hydroxyl groups is 1. The number of nitrogens with one attached hydrogen (secondary N) is 1. The van der Waals surface area contributed by atoms with Crippen LogP contribution in [0, 0.1) is 0 Å². The van der Waals surface area contributed by atoms with Gasteiger partial charge in [-0.2, -0.15) is 9.97 Å². The van der Waals surface area contributed by atoms with Crippen molar-refractivity contribution in [3.05, 3.63) is 60.3 Å². The summed E-state index contributed by atoms with van der Waals surface area (Å²) in [5.74, 6) is 0.865. The highest BCUT2D eigenvalue weighted by atomic mass is 16.5. The predicted molar refractivity (Wildman–Crippen MR) is 146 cm³/mol. The van der Waals surface area contributed by atoms with E-state index < -0.39 is 0 Å². The van der Waals surface area contributed by atoms with E-state index in [1.165, 1.54) is 13.0 Å². The van der Waals surface area contributed by atoms with Gasteiger partial charge in [-0.15, -0.1) is 0 Å². The van der Waals surface area contributed by atoms with Gasteiger partial charge in [-0.25, -0.2) is 0 Å². The Morgan fingerprint density at radius 2 is 1.89 bits per heavy atom. The molecule has 0 saturated carbocycles. The molecule has 2 N–H and O–H groups in total. The number of hydrogen-bond acceptors (Lipinski definition) is 8. The van der Waals surface area contributed by atoms with Crippen molar-refractivity contribution in [2.45, 2.75) is 19.9 Å². The van der Waals surface area contributed by atoms with Gasteiger partial charge in [0, 0.05) is 62.4 Å². The summed E-state index contributed by atoms with van der Waals surface area (Å²) in [5, 5.41) is 15.2. The minimum atomic E-state index is -0.124. The second kappa shape index (κ2) is 11.0. The molecule has 1 saturated heterocycles. The Labute approximate surface area is 221 Å². The third kappa shape index (κ3) is 5.34. The van der Waals surface area contributed by atoms with Gasteiger partial charge in [-0.3, -0.25) is 9.59 Å². The van der Waals surface area contributed by atoms with Crippen LogP contribution in [0.3, 0.4) is 0 Å². The number of benzene rings is 2. The van der Waals surface area contributed by atoms with Crippen LogP contribution in [0.15, 0.2) is 49.1 Å². The molecule has 10 heteroatoms. The highest BCUT2D eigenvalue weighted by Gasteiger charge is 2.29. The van der Waals surface area contributed by atoms with Crippen molar-refractivity contribution in [1.29, 1.82) is 0 Å². The SMILES string of the molecule is C=CC(=O)N1CCN(c2nc(OCCNC(C)=O)nc3c2CCN(c2cc(O)cc4ccccc24)C3)CC1. The molecule has 3 heterocycles. The molecule has 2 amide bonds. The summed E-state index contributed by atoms with van der Waals surface area (Å²) in [5.41, 5.74) is 2.90. The first-order valence-electron chi connectivity index (χ1n) is 12.8. The number of rotatable bonds is 7. The maximum absolute atomic E-state index is 12.1. The Balaban J connectivity index is 1.44. The molecular formula is C28H32N6O4. The molecule has 0 radical (unpaired) electrons. The standard InChI is InChI=1S/C28H32N6O4/c1-3-26(37)32-11-13-33(14-12-32)27-23-8-10-34(25-17-21(36)16-20-6-4-5-7-22(20)25)18-24(23)30-28(31-27)38-15-9-29-19(2)35/h3-7,16-17,36H,1,8-15,18H2,2H3,(H,29,35). The highest BCUT2D eigenvalue weighted by Crippen LogP contribution is 2.36. The fourth-order valence-corrected chi connectivity index (χ4v) is 5.09. The van der Waals surface area contributed by atoms with Gasteiger partial charge in [0.2, 0.25) is 11.8 Å². The molecule has 2 aliphatic rings. The third-order valence-corrected chi connectivity index (χ3v) is 6.96. The average molecular weight is 517 g/mol. The van der Waals surface area contributed by atoms with E-state index in [-0.39, 0.29) is 30.2 Å². The summed E-state index contributed by atoms with van der Waals surface area (Å²) in [6.07, 6.45) is 2.08. The van der Waals surface area contributed by atoms with Crippen molar-refractivity contribution in [3.8, 4) is 11.8 Å². The number of nitrogens with zero attached hydrogens (tertiary/aromatic N) is 5. The van der Waals surface area contributed by atoms with Crippen molar-refractivity contribution in [1.82, 2.24) is 20.2 Å². The summed E-state index contributed by atoms with van der Waals surface area (Å²) in [6, 6.07) is 11.9. The first kappa shape index (κ1) is 25.3. The zero-order valence-corrected chi connectivity index (χ0v) is 21.5. The van der Waals surface area contributed by atoms with Crippen LogP contribution in [0.4, 0.5) is 11.5 Å². The normalized spacial score (nSPS) is 15.2. The van der Waals surface area contributed by atoms with E-state index in [4.69, 9.17) is 14.7 Å². The van der Waals surface area contributed by atoms with E-state index >= 15 is 0 Å². The fourth-order valence-electron chi connectivity index (χ4n) is 5.09. The maximum atomic E-state index is 12.1. The first-order chi connectivity index (χ1) is 18.4. The van der Waals surface area contributed by atoms with E-state index in [0.717, 1.165) is 46.5 Å². The first-order valence-corrected chi connectivity index (χ1v) is 12.8. The van der Waals surface area contributed by atoms with Gasteiger partial charge in [0.05, 0.1) is 18.8 Å². The zero-order chi connectivity index (χ0) is 26.6. The largest absolute Gasteiger partial charge is 0.508 e. The number of fused-ring (bicyclic) bond motifs is 2. The summed E-state index contributed by atoms with van der Waals surface area (Å²) < 4.78 is 5.86. The van der Waals surface area contributed by atoms with Crippen molar-refractivity contribution in [2.75, 3.05) is 55.7 Å². The van der Waals surface area contributed by atoms with E-state index in [0.29, 0.717) is 39.3 Å². The Morgan fingerprint density at radius 1 is 1.11 bits per heavy atom. The number of phenols is 1. The zero-order valence-electron chi connectivity index (χ0n) is 21.5. The van der Waals surface area contributed by atoms with E-state index in [9.17, 15) is 14.7 Å². The lowest BCUT2D eigenvalue weighted by Crippen LogP contribution is -2.49. The smallest absolute Gasteiger partial charge is 0.318 e. The van der Waals surface area contributed by atoms with Crippen LogP contribution in [0.2, 0.25) is 0 Å². The molecule has 2 aliphatic heterocycles. The molecule has 38 heavy (non-hydrogen) atoms. The van der Waals surface area contributed by atoms with Gasteiger partial charge in [0.25, 0.3) is 0 Å². The van der Waals surface area contributed by atoms with Crippen molar-refractivity contribution in [3.63, 3.8) is 0 Å². The summed E-state index contributed by atoms with van der Waals surface area (Å²) >= 11 is 0. The number of piperazine rings is 1. The van der Waals surface area contributed by atoms with Crippen molar-refractivity contribution in [2.24, 2.45) is 0 Å². The summed E-state index contributed by atoms with van der Waals surface area (Å²) in [4.78, 5) is 39.0. The molecule has 0 aliphatic carbocycles. The van der Waals surface area contributed by atoms with Crippen LogP contribution in [0.1, 0.15) is 18.2 Å². The lowest BCUT2D eigenvalue weighted by Gasteiger charge is -2.38. The highest BCUT2D eigenvalue weighted by molar-refractivity contribution is 5.95. The lowest BCUT2D eigenvalue weighted by atomic mass is 10.0. The van der Waals surface area contributed by atoms with Gasteiger partial charge in [-0.05, 0) is 23.9 Å². The molecule has 5 rings (SSSR count). The molecule has 1 fully saturated rings. The molecule has 10 nitrogen and oxygen atoms in total. The summed E-state index contributed by atoms with van der Waals surface area (Å²) in [6.45, 7) is 9.42. The number of hydrogen-bond donors (Lipinski definition) is 2. The second-order valence-corrected chi connectivity index (χ2v) is 9.46. The minimum absolute atomic E-state index is 0.0645. The minimum Gasteiger partial charge on any atom is -0.508 e. The quantitative estimate of drug-likeness (QED) is 0.363. The molecule has 0 bridgehead atoms. The van der Waals surface area contributed by atoms with Crippen LogP contribution in [-0.2, 0) is 22.6 Å². The number of phenolic OH excluding ortho intramolecular Hbond substituents is 1. The molecule has 0 unspecified atom stereocenters. The molecule has 198 valence electrons. The van der Waals surface area contributed by atoms with Gasteiger partial charge in [0.15, 0.2) is 0 Å². The van der Waals surface area contributed by atoms with Crippen molar-refractivity contribution < 1.29 is 19.4 Å². The van der Waals surface area contributed by atoms with Crippen molar-refractivity contribution >= 4 is 34.1 Å².